The molecule has 2 rings (SSSR count). The molecule has 116 valence electrons. The maximum atomic E-state index is 12.9. The third kappa shape index (κ3) is 4.12. The Kier molecular flexibility index (Phi) is 4.75. The fourth-order valence-corrected chi connectivity index (χ4v) is 2.73. The third-order valence-corrected chi connectivity index (χ3v) is 3.87. The number of aromatic carboxylic acids is 1. The number of alkyl halides is 3. The standard InChI is InChI=1S/C15H18F3NO2/c16-15(17,18)13-8-11(6-7-12(13)14(20)21)19-9-10-4-2-1-3-5-10/h6-8,10,19H,1-5,9H2,(H,20,21). The van der Waals surface area contributed by atoms with E-state index in [0.29, 0.717) is 18.2 Å². The van der Waals surface area contributed by atoms with E-state index in [2.05, 4.69) is 5.32 Å². The highest BCUT2D eigenvalue weighted by Crippen LogP contribution is 2.34. The molecule has 1 aliphatic carbocycles. The average Bonchev–Trinajstić information content (AvgIpc) is 2.45. The van der Waals surface area contributed by atoms with E-state index in [4.69, 9.17) is 5.11 Å². The summed E-state index contributed by atoms with van der Waals surface area (Å²) >= 11 is 0. The van der Waals surface area contributed by atoms with Gasteiger partial charge >= 0.3 is 12.1 Å². The van der Waals surface area contributed by atoms with Crippen molar-refractivity contribution in [2.75, 3.05) is 11.9 Å². The van der Waals surface area contributed by atoms with Crippen LogP contribution in [0.25, 0.3) is 0 Å². The Morgan fingerprint density at radius 3 is 2.48 bits per heavy atom. The van der Waals surface area contributed by atoms with Gasteiger partial charge < -0.3 is 10.4 Å². The van der Waals surface area contributed by atoms with Crippen molar-refractivity contribution in [3.8, 4) is 0 Å². The van der Waals surface area contributed by atoms with Gasteiger partial charge in [-0.15, -0.1) is 0 Å². The van der Waals surface area contributed by atoms with Gasteiger partial charge in [0.15, 0.2) is 0 Å². The van der Waals surface area contributed by atoms with Crippen molar-refractivity contribution in [1.29, 1.82) is 0 Å². The van der Waals surface area contributed by atoms with Crippen LogP contribution in [0.15, 0.2) is 18.2 Å². The number of carboxylic acid groups (broad SMARTS) is 1. The first-order valence-corrected chi connectivity index (χ1v) is 7.06. The lowest BCUT2D eigenvalue weighted by molar-refractivity contribution is -0.138. The highest BCUT2D eigenvalue weighted by atomic mass is 19.4. The molecule has 21 heavy (non-hydrogen) atoms. The quantitative estimate of drug-likeness (QED) is 0.866. The zero-order chi connectivity index (χ0) is 15.5. The van der Waals surface area contributed by atoms with E-state index in [1.165, 1.54) is 12.5 Å². The van der Waals surface area contributed by atoms with Crippen molar-refractivity contribution in [2.45, 2.75) is 38.3 Å². The van der Waals surface area contributed by atoms with Crippen molar-refractivity contribution in [3.05, 3.63) is 29.3 Å². The van der Waals surface area contributed by atoms with Gasteiger partial charge in [-0.1, -0.05) is 19.3 Å². The number of hydrogen-bond donors (Lipinski definition) is 2. The Morgan fingerprint density at radius 2 is 1.90 bits per heavy atom. The van der Waals surface area contributed by atoms with Crippen molar-refractivity contribution in [3.63, 3.8) is 0 Å². The molecular formula is C15H18F3NO2. The second-order valence-electron chi connectivity index (χ2n) is 5.45. The Morgan fingerprint density at radius 1 is 1.24 bits per heavy atom. The maximum Gasteiger partial charge on any atom is 0.417 e. The minimum absolute atomic E-state index is 0.317. The normalized spacial score (nSPS) is 16.7. The van der Waals surface area contributed by atoms with Crippen LogP contribution < -0.4 is 5.32 Å². The summed E-state index contributed by atoms with van der Waals surface area (Å²) in [6, 6.07) is 3.28. The molecule has 0 saturated heterocycles. The molecule has 0 amide bonds. The van der Waals surface area contributed by atoms with E-state index in [1.54, 1.807) is 0 Å². The molecular weight excluding hydrogens is 283 g/mol. The van der Waals surface area contributed by atoms with E-state index >= 15 is 0 Å². The first-order valence-electron chi connectivity index (χ1n) is 7.06. The van der Waals surface area contributed by atoms with Gasteiger partial charge in [0.05, 0.1) is 11.1 Å². The average molecular weight is 301 g/mol. The van der Waals surface area contributed by atoms with Gasteiger partial charge in [-0.3, -0.25) is 0 Å². The Balaban J connectivity index is 2.11. The summed E-state index contributed by atoms with van der Waals surface area (Å²) < 4.78 is 38.7. The molecule has 0 aliphatic heterocycles. The predicted octanol–water partition coefficient (Wildman–Crippen LogP) is 4.40. The van der Waals surface area contributed by atoms with Crippen molar-refractivity contribution in [2.24, 2.45) is 5.92 Å². The molecule has 1 saturated carbocycles. The fourth-order valence-electron chi connectivity index (χ4n) is 2.73. The summed E-state index contributed by atoms with van der Waals surface area (Å²) in [5.41, 5.74) is -1.51. The molecule has 3 nitrogen and oxygen atoms in total. The van der Waals surface area contributed by atoms with Crippen LogP contribution >= 0.6 is 0 Å². The number of rotatable bonds is 4. The van der Waals surface area contributed by atoms with Crippen LogP contribution in [-0.4, -0.2) is 17.6 Å². The molecule has 2 N–H and O–H groups in total. The maximum absolute atomic E-state index is 12.9. The SMILES string of the molecule is O=C(O)c1ccc(NCC2CCCCC2)cc1C(F)(F)F. The van der Waals surface area contributed by atoms with Crippen LogP contribution in [-0.2, 0) is 6.18 Å². The van der Waals surface area contributed by atoms with E-state index in [0.717, 1.165) is 37.8 Å². The molecule has 0 heterocycles. The van der Waals surface area contributed by atoms with Crippen molar-refractivity contribution >= 4 is 11.7 Å². The first-order chi connectivity index (χ1) is 9.88. The van der Waals surface area contributed by atoms with Gasteiger partial charge in [-0.25, -0.2) is 4.79 Å². The molecule has 1 fully saturated rings. The minimum Gasteiger partial charge on any atom is -0.478 e. The molecule has 1 aromatic carbocycles. The largest absolute Gasteiger partial charge is 0.478 e. The Hall–Kier alpha value is -1.72. The third-order valence-electron chi connectivity index (χ3n) is 3.87. The lowest BCUT2D eigenvalue weighted by Crippen LogP contribution is -2.18. The molecule has 0 spiro atoms. The molecule has 0 unspecified atom stereocenters. The number of carbonyl (C=O) groups is 1. The summed E-state index contributed by atoms with van der Waals surface area (Å²) in [5.74, 6) is -1.09. The van der Waals surface area contributed by atoms with Crippen LogP contribution in [0.1, 0.15) is 48.0 Å². The lowest BCUT2D eigenvalue weighted by atomic mass is 9.89. The number of benzene rings is 1. The fraction of sp³-hybridized carbons (Fsp3) is 0.533. The number of anilines is 1. The minimum atomic E-state index is -4.67. The molecule has 6 heteroatoms. The summed E-state index contributed by atoms with van der Waals surface area (Å²) in [4.78, 5) is 10.9. The summed E-state index contributed by atoms with van der Waals surface area (Å²) in [7, 11) is 0. The smallest absolute Gasteiger partial charge is 0.417 e. The van der Waals surface area contributed by atoms with Gasteiger partial charge in [0, 0.05) is 12.2 Å². The van der Waals surface area contributed by atoms with Crippen molar-refractivity contribution < 1.29 is 23.1 Å². The van der Waals surface area contributed by atoms with E-state index in [9.17, 15) is 18.0 Å². The van der Waals surface area contributed by atoms with Crippen molar-refractivity contribution in [1.82, 2.24) is 0 Å². The summed E-state index contributed by atoms with van der Waals surface area (Å²) in [6.07, 6.45) is 1.06. The summed E-state index contributed by atoms with van der Waals surface area (Å²) in [6.45, 7) is 0.629. The monoisotopic (exact) mass is 301 g/mol. The highest BCUT2D eigenvalue weighted by Gasteiger charge is 2.35. The van der Waals surface area contributed by atoms with Crippen LogP contribution in [0, 0.1) is 5.92 Å². The van der Waals surface area contributed by atoms with Gasteiger partial charge in [-0.2, -0.15) is 13.2 Å². The van der Waals surface area contributed by atoms with Gasteiger partial charge in [0.2, 0.25) is 0 Å². The van der Waals surface area contributed by atoms with E-state index in [1.807, 2.05) is 0 Å². The van der Waals surface area contributed by atoms with Crippen LogP contribution in [0.2, 0.25) is 0 Å². The highest BCUT2D eigenvalue weighted by molar-refractivity contribution is 5.90. The number of carboxylic acids is 1. The molecule has 0 bridgehead atoms. The second-order valence-corrected chi connectivity index (χ2v) is 5.45. The summed E-state index contributed by atoms with van der Waals surface area (Å²) in [5, 5.41) is 11.8. The Labute approximate surface area is 121 Å². The number of halogens is 3. The zero-order valence-electron chi connectivity index (χ0n) is 11.5. The topological polar surface area (TPSA) is 49.3 Å². The second kappa shape index (κ2) is 6.37. The van der Waals surface area contributed by atoms with E-state index < -0.39 is 23.3 Å². The molecule has 1 aliphatic rings. The van der Waals surface area contributed by atoms with Gasteiger partial charge in [-0.05, 0) is 37.0 Å². The number of nitrogens with one attached hydrogen (secondary N) is 1. The van der Waals surface area contributed by atoms with Crippen LogP contribution in [0.4, 0.5) is 18.9 Å². The Bertz CT molecular complexity index is 508. The first kappa shape index (κ1) is 15.7. The van der Waals surface area contributed by atoms with E-state index in [-0.39, 0.29) is 0 Å². The number of hydrogen-bond acceptors (Lipinski definition) is 2. The predicted molar refractivity (Wildman–Crippen MR) is 73.5 cm³/mol. The van der Waals surface area contributed by atoms with Crippen LogP contribution in [0.3, 0.4) is 0 Å². The molecule has 0 radical (unpaired) electrons. The lowest BCUT2D eigenvalue weighted by Gasteiger charge is -2.22. The molecule has 1 aromatic rings. The van der Waals surface area contributed by atoms with Crippen LogP contribution in [0.5, 0.6) is 0 Å². The molecule has 0 atom stereocenters. The zero-order valence-corrected chi connectivity index (χ0v) is 11.5. The molecule has 0 aromatic heterocycles. The van der Waals surface area contributed by atoms with Gasteiger partial charge in [0.1, 0.15) is 0 Å². The van der Waals surface area contributed by atoms with Gasteiger partial charge in [0.25, 0.3) is 0 Å².